The van der Waals surface area contributed by atoms with Crippen LogP contribution in [-0.4, -0.2) is 31.9 Å². The predicted molar refractivity (Wildman–Crippen MR) is 82.4 cm³/mol. The predicted octanol–water partition coefficient (Wildman–Crippen LogP) is 2.97. The molecule has 5 heteroatoms. The van der Waals surface area contributed by atoms with E-state index in [-0.39, 0.29) is 18.2 Å². The van der Waals surface area contributed by atoms with Gasteiger partial charge in [0, 0.05) is 12.5 Å². The van der Waals surface area contributed by atoms with Gasteiger partial charge >= 0.3 is 5.97 Å². The van der Waals surface area contributed by atoms with Crippen LogP contribution in [0.5, 0.6) is 11.5 Å². The van der Waals surface area contributed by atoms with Crippen molar-refractivity contribution in [2.45, 2.75) is 45.8 Å². The molecular weight excluding hydrogens is 284 g/mol. The first-order valence-corrected chi connectivity index (χ1v) is 7.32. The Morgan fingerprint density at radius 2 is 1.95 bits per heavy atom. The molecule has 1 aliphatic heterocycles. The third-order valence-corrected chi connectivity index (χ3v) is 3.41. The normalized spacial score (nSPS) is 20.5. The fourth-order valence-corrected chi connectivity index (χ4v) is 2.27. The molecule has 1 aliphatic rings. The van der Waals surface area contributed by atoms with Crippen LogP contribution in [0.4, 0.5) is 0 Å². The number of methoxy groups -OCH3 is 1. The van der Waals surface area contributed by atoms with Gasteiger partial charge < -0.3 is 18.9 Å². The van der Waals surface area contributed by atoms with E-state index in [1.807, 2.05) is 39.8 Å². The fourth-order valence-electron chi connectivity index (χ4n) is 2.27. The minimum atomic E-state index is -0.632. The van der Waals surface area contributed by atoms with Crippen LogP contribution in [0.1, 0.15) is 38.8 Å². The number of epoxide rings is 1. The van der Waals surface area contributed by atoms with E-state index in [2.05, 4.69) is 0 Å². The maximum Gasteiger partial charge on any atom is 0.302 e. The summed E-state index contributed by atoms with van der Waals surface area (Å²) in [5, 5.41) is 0. The Labute approximate surface area is 131 Å². The molecule has 1 aromatic carbocycles. The van der Waals surface area contributed by atoms with Gasteiger partial charge in [-0.25, -0.2) is 0 Å². The number of rotatable bonds is 5. The minimum absolute atomic E-state index is 0.176. The van der Waals surface area contributed by atoms with Gasteiger partial charge in [-0.15, -0.1) is 0 Å². The minimum Gasteiger partial charge on any atom is -0.496 e. The maximum absolute atomic E-state index is 11.1. The van der Waals surface area contributed by atoms with E-state index < -0.39 is 5.60 Å². The third-order valence-electron chi connectivity index (χ3n) is 3.41. The molecule has 1 fully saturated rings. The van der Waals surface area contributed by atoms with Crippen LogP contribution in [0.2, 0.25) is 0 Å². The van der Waals surface area contributed by atoms with E-state index >= 15 is 0 Å². The monoisotopic (exact) mass is 308 g/mol. The van der Waals surface area contributed by atoms with E-state index in [0.29, 0.717) is 6.61 Å². The van der Waals surface area contributed by atoms with E-state index in [4.69, 9.17) is 18.9 Å². The lowest BCUT2D eigenvalue weighted by molar-refractivity contribution is -0.142. The lowest BCUT2D eigenvalue weighted by Crippen LogP contribution is -2.26. The SMILES string of the molecule is COc1cc([C@@]2(COC(C)=O)CO2)c(OC(C)(C)C)cc1C. The van der Waals surface area contributed by atoms with Gasteiger partial charge in [0.05, 0.1) is 13.7 Å². The Balaban J connectivity index is 2.41. The van der Waals surface area contributed by atoms with Crippen molar-refractivity contribution >= 4 is 5.97 Å². The highest BCUT2D eigenvalue weighted by molar-refractivity contribution is 5.66. The van der Waals surface area contributed by atoms with Crippen molar-refractivity contribution in [3.05, 3.63) is 23.3 Å². The first-order valence-electron chi connectivity index (χ1n) is 7.32. The Morgan fingerprint density at radius 1 is 1.32 bits per heavy atom. The highest BCUT2D eigenvalue weighted by Gasteiger charge is 2.50. The molecule has 1 atom stereocenters. The quantitative estimate of drug-likeness (QED) is 0.618. The molecule has 2 rings (SSSR count). The van der Waals surface area contributed by atoms with E-state index in [1.165, 1.54) is 6.92 Å². The largest absolute Gasteiger partial charge is 0.496 e. The van der Waals surface area contributed by atoms with Gasteiger partial charge in [-0.2, -0.15) is 0 Å². The lowest BCUT2D eigenvalue weighted by Gasteiger charge is -2.26. The summed E-state index contributed by atoms with van der Waals surface area (Å²) in [6.07, 6.45) is 0. The summed E-state index contributed by atoms with van der Waals surface area (Å²) >= 11 is 0. The summed E-state index contributed by atoms with van der Waals surface area (Å²) in [4.78, 5) is 11.1. The topological polar surface area (TPSA) is 57.3 Å². The van der Waals surface area contributed by atoms with Crippen molar-refractivity contribution in [3.8, 4) is 11.5 Å². The number of ether oxygens (including phenoxy) is 4. The average Bonchev–Trinajstić information content (AvgIpc) is 3.16. The summed E-state index contributed by atoms with van der Waals surface area (Å²) in [5.74, 6) is 1.16. The Hall–Kier alpha value is -1.75. The van der Waals surface area contributed by atoms with Crippen LogP contribution < -0.4 is 9.47 Å². The molecule has 0 spiro atoms. The smallest absolute Gasteiger partial charge is 0.302 e. The third kappa shape index (κ3) is 3.71. The molecule has 22 heavy (non-hydrogen) atoms. The van der Waals surface area contributed by atoms with Crippen molar-refractivity contribution in [1.82, 2.24) is 0 Å². The number of hydrogen-bond acceptors (Lipinski definition) is 5. The summed E-state index contributed by atoms with van der Waals surface area (Å²) in [7, 11) is 1.63. The van der Waals surface area contributed by atoms with Crippen molar-refractivity contribution in [2.24, 2.45) is 0 Å². The van der Waals surface area contributed by atoms with Crippen LogP contribution in [0.15, 0.2) is 12.1 Å². The molecule has 1 heterocycles. The first kappa shape index (κ1) is 16.6. The average molecular weight is 308 g/mol. The second-order valence-corrected chi connectivity index (χ2v) is 6.60. The standard InChI is InChI=1S/C17H24O5/c1-11-7-15(22-16(3,4)5)13(8-14(11)19-6)17(10-21-17)9-20-12(2)18/h7-8H,9-10H2,1-6H3/t17-/m1/s1. The molecule has 0 unspecified atom stereocenters. The van der Waals surface area contributed by atoms with Gasteiger partial charge in [0.15, 0.2) is 5.60 Å². The highest BCUT2D eigenvalue weighted by Crippen LogP contribution is 2.46. The fraction of sp³-hybridized carbons (Fsp3) is 0.588. The number of aryl methyl sites for hydroxylation is 1. The zero-order valence-electron chi connectivity index (χ0n) is 14.1. The number of benzene rings is 1. The first-order chi connectivity index (χ1) is 10.2. The second kappa shape index (κ2) is 5.80. The van der Waals surface area contributed by atoms with Crippen molar-refractivity contribution in [1.29, 1.82) is 0 Å². The Morgan fingerprint density at radius 3 is 2.41 bits per heavy atom. The molecular formula is C17H24O5. The molecule has 0 saturated carbocycles. The van der Waals surface area contributed by atoms with Crippen molar-refractivity contribution in [2.75, 3.05) is 20.3 Å². The van der Waals surface area contributed by atoms with E-state index in [0.717, 1.165) is 22.6 Å². The van der Waals surface area contributed by atoms with Gasteiger partial charge in [0.1, 0.15) is 23.7 Å². The highest BCUT2D eigenvalue weighted by atomic mass is 16.6. The summed E-state index contributed by atoms with van der Waals surface area (Å²) in [6.45, 7) is 9.99. The van der Waals surface area contributed by atoms with Crippen LogP contribution in [0, 0.1) is 6.92 Å². The van der Waals surface area contributed by atoms with Crippen LogP contribution in [0.25, 0.3) is 0 Å². The molecule has 0 radical (unpaired) electrons. The molecule has 122 valence electrons. The summed E-state index contributed by atoms with van der Waals surface area (Å²) in [5.41, 5.74) is 0.862. The molecule has 5 nitrogen and oxygen atoms in total. The van der Waals surface area contributed by atoms with E-state index in [9.17, 15) is 4.79 Å². The molecule has 1 saturated heterocycles. The molecule has 0 amide bonds. The van der Waals surface area contributed by atoms with E-state index in [1.54, 1.807) is 7.11 Å². The Bertz CT molecular complexity index is 567. The molecule has 0 aliphatic carbocycles. The summed E-state index contributed by atoms with van der Waals surface area (Å²) in [6, 6.07) is 3.85. The number of esters is 1. The van der Waals surface area contributed by atoms with Crippen LogP contribution in [-0.2, 0) is 19.9 Å². The van der Waals surface area contributed by atoms with Gasteiger partial charge in [-0.1, -0.05) is 0 Å². The number of carbonyl (C=O) groups is 1. The molecule has 0 aromatic heterocycles. The van der Waals surface area contributed by atoms with Gasteiger partial charge in [-0.3, -0.25) is 4.79 Å². The van der Waals surface area contributed by atoms with Crippen LogP contribution >= 0.6 is 0 Å². The zero-order valence-corrected chi connectivity index (χ0v) is 14.1. The number of hydrogen-bond donors (Lipinski definition) is 0. The molecule has 1 aromatic rings. The zero-order chi connectivity index (χ0) is 16.5. The van der Waals surface area contributed by atoms with Crippen molar-refractivity contribution < 1.29 is 23.7 Å². The van der Waals surface area contributed by atoms with Gasteiger partial charge in [-0.05, 0) is 45.4 Å². The van der Waals surface area contributed by atoms with Gasteiger partial charge in [0.25, 0.3) is 0 Å². The second-order valence-electron chi connectivity index (χ2n) is 6.60. The molecule has 0 bridgehead atoms. The summed E-state index contributed by atoms with van der Waals surface area (Å²) < 4.78 is 22.2. The molecule has 0 N–H and O–H groups in total. The maximum atomic E-state index is 11.1. The Kier molecular flexibility index (Phi) is 4.38. The van der Waals surface area contributed by atoms with Crippen molar-refractivity contribution in [3.63, 3.8) is 0 Å². The number of carbonyl (C=O) groups excluding carboxylic acids is 1. The lowest BCUT2D eigenvalue weighted by atomic mass is 9.97. The van der Waals surface area contributed by atoms with Gasteiger partial charge in [0.2, 0.25) is 0 Å². The van der Waals surface area contributed by atoms with Crippen LogP contribution in [0.3, 0.4) is 0 Å².